The number of hydrogen-bond acceptors (Lipinski definition) is 5. The normalized spacial score (nSPS) is 14.3. The van der Waals surface area contributed by atoms with Gasteiger partial charge in [-0.05, 0) is 56.3 Å². The third kappa shape index (κ3) is 18.7. The topological polar surface area (TPSA) is 42.5 Å². The highest BCUT2D eigenvalue weighted by Crippen LogP contribution is 2.14. The van der Waals surface area contributed by atoms with Crippen molar-refractivity contribution in [3.8, 4) is 0 Å². The minimum absolute atomic E-state index is 0.152. The second-order valence-corrected chi connectivity index (χ2v) is 9.25. The Morgan fingerprint density at radius 3 is 1.93 bits per heavy atom. The zero-order chi connectivity index (χ0) is 22.5. The van der Waals surface area contributed by atoms with E-state index in [4.69, 9.17) is 21.7 Å². The van der Waals surface area contributed by atoms with Crippen molar-refractivity contribution in [3.63, 3.8) is 0 Å². The Hall–Kier alpha value is -0.0400. The Morgan fingerprint density at radius 1 is 0.800 bits per heavy atom. The predicted octanol–water partition coefficient (Wildman–Crippen LogP) is 6.69. The van der Waals surface area contributed by atoms with Crippen LogP contribution in [0, 0.1) is 11.8 Å². The fraction of sp³-hybridized carbons (Fsp3) is 0.958. The third-order valence-electron chi connectivity index (χ3n) is 5.72. The van der Waals surface area contributed by atoms with Gasteiger partial charge in [-0.1, -0.05) is 79.1 Å². The SMILES string of the molecule is CCCCC(CC)COC(=S)NCCCCCCNC(S)OCC(CC)CCCC. The molecular formula is C24H50N2O2S2. The molecule has 0 amide bonds. The summed E-state index contributed by atoms with van der Waals surface area (Å²) in [4.78, 5) is 0. The highest BCUT2D eigenvalue weighted by Gasteiger charge is 2.09. The molecule has 6 heteroatoms. The van der Waals surface area contributed by atoms with Gasteiger partial charge in [0.15, 0.2) is 5.56 Å². The van der Waals surface area contributed by atoms with Crippen LogP contribution in [0.2, 0.25) is 0 Å². The standard InChI is InChI=1S/C24H50N2O2S2/c1-5-9-15-21(7-3)19-27-23(29)25-17-13-11-12-14-18-26-24(30)28-20-22(8-4)16-10-6-2/h21-23,25,29H,5-20H2,1-4H3,(H,26,30). The van der Waals surface area contributed by atoms with Gasteiger partial charge < -0.3 is 14.8 Å². The van der Waals surface area contributed by atoms with Gasteiger partial charge in [-0.15, -0.1) is 12.6 Å². The molecule has 0 aliphatic carbocycles. The van der Waals surface area contributed by atoms with E-state index in [1.54, 1.807) is 0 Å². The maximum Gasteiger partial charge on any atom is 0.256 e. The van der Waals surface area contributed by atoms with E-state index < -0.39 is 0 Å². The van der Waals surface area contributed by atoms with Crippen LogP contribution < -0.4 is 10.6 Å². The van der Waals surface area contributed by atoms with Crippen LogP contribution in [0.1, 0.15) is 105 Å². The van der Waals surface area contributed by atoms with E-state index in [-0.39, 0.29) is 5.56 Å². The van der Waals surface area contributed by atoms with Gasteiger partial charge in [-0.25, -0.2) is 0 Å². The van der Waals surface area contributed by atoms with Crippen molar-refractivity contribution in [1.29, 1.82) is 0 Å². The summed E-state index contributed by atoms with van der Waals surface area (Å²) < 4.78 is 11.6. The molecule has 0 bridgehead atoms. The maximum atomic E-state index is 5.85. The molecule has 3 atom stereocenters. The van der Waals surface area contributed by atoms with E-state index in [2.05, 4.69) is 51.0 Å². The number of thiol groups is 1. The predicted molar refractivity (Wildman–Crippen MR) is 138 cm³/mol. The van der Waals surface area contributed by atoms with E-state index in [1.807, 2.05) is 0 Å². The van der Waals surface area contributed by atoms with Crippen molar-refractivity contribution in [2.45, 2.75) is 110 Å². The summed E-state index contributed by atoms with van der Waals surface area (Å²) in [7, 11) is 0. The molecule has 0 aliphatic heterocycles. The van der Waals surface area contributed by atoms with Crippen LogP contribution >= 0.6 is 24.8 Å². The van der Waals surface area contributed by atoms with Crippen LogP contribution in [0.15, 0.2) is 0 Å². The minimum Gasteiger partial charge on any atom is -0.471 e. The molecule has 0 aromatic carbocycles. The second kappa shape index (κ2) is 22.2. The molecule has 0 fully saturated rings. The first-order valence-electron chi connectivity index (χ1n) is 12.5. The van der Waals surface area contributed by atoms with Crippen molar-refractivity contribution in [1.82, 2.24) is 10.6 Å². The lowest BCUT2D eigenvalue weighted by atomic mass is 10.0. The number of unbranched alkanes of at least 4 members (excludes halogenated alkanes) is 5. The molecule has 0 rings (SSSR count). The minimum atomic E-state index is -0.152. The monoisotopic (exact) mass is 462 g/mol. The summed E-state index contributed by atoms with van der Waals surface area (Å²) in [5.41, 5.74) is -0.152. The summed E-state index contributed by atoms with van der Waals surface area (Å²) in [6.45, 7) is 12.3. The Labute approximate surface area is 198 Å². The van der Waals surface area contributed by atoms with E-state index in [1.165, 1.54) is 57.8 Å². The lowest BCUT2D eigenvalue weighted by Gasteiger charge is -2.19. The van der Waals surface area contributed by atoms with Crippen molar-refractivity contribution >= 4 is 30.0 Å². The largest absolute Gasteiger partial charge is 0.471 e. The molecule has 0 aromatic heterocycles. The summed E-state index contributed by atoms with van der Waals surface area (Å²) in [6.07, 6.45) is 14.6. The lowest BCUT2D eigenvalue weighted by Crippen LogP contribution is -2.29. The number of ether oxygens (including phenoxy) is 2. The van der Waals surface area contributed by atoms with Gasteiger partial charge in [0.1, 0.15) is 0 Å². The molecule has 3 unspecified atom stereocenters. The molecule has 0 spiro atoms. The number of rotatable bonds is 21. The van der Waals surface area contributed by atoms with Crippen LogP contribution in [0.25, 0.3) is 0 Å². The van der Waals surface area contributed by atoms with Crippen LogP contribution in [0.3, 0.4) is 0 Å². The zero-order valence-electron chi connectivity index (χ0n) is 20.2. The van der Waals surface area contributed by atoms with Gasteiger partial charge in [0.25, 0.3) is 5.17 Å². The van der Waals surface area contributed by atoms with E-state index in [9.17, 15) is 0 Å². The van der Waals surface area contributed by atoms with Crippen molar-refractivity contribution in [2.24, 2.45) is 11.8 Å². The van der Waals surface area contributed by atoms with E-state index in [0.717, 1.165) is 45.6 Å². The summed E-state index contributed by atoms with van der Waals surface area (Å²) in [5.74, 6) is 1.29. The first-order valence-corrected chi connectivity index (χ1v) is 13.4. The highest BCUT2D eigenvalue weighted by molar-refractivity contribution is 7.80. The summed E-state index contributed by atoms with van der Waals surface area (Å²) in [5, 5.41) is 7.16. The van der Waals surface area contributed by atoms with Gasteiger partial charge in [0, 0.05) is 6.54 Å². The molecular weight excluding hydrogens is 412 g/mol. The second-order valence-electron chi connectivity index (χ2n) is 8.41. The number of hydrogen-bond donors (Lipinski definition) is 3. The molecule has 0 heterocycles. The molecule has 4 nitrogen and oxygen atoms in total. The van der Waals surface area contributed by atoms with E-state index >= 15 is 0 Å². The molecule has 2 N–H and O–H groups in total. The Kier molecular flexibility index (Phi) is 22.1. The fourth-order valence-corrected chi connectivity index (χ4v) is 3.73. The molecule has 0 radical (unpaired) electrons. The van der Waals surface area contributed by atoms with Crippen LogP contribution in [0.5, 0.6) is 0 Å². The first kappa shape index (κ1) is 30.0. The van der Waals surface area contributed by atoms with Crippen molar-refractivity contribution in [3.05, 3.63) is 0 Å². The molecule has 0 saturated carbocycles. The zero-order valence-corrected chi connectivity index (χ0v) is 21.9. The van der Waals surface area contributed by atoms with Crippen LogP contribution in [-0.2, 0) is 9.47 Å². The van der Waals surface area contributed by atoms with Gasteiger partial charge in [-0.2, -0.15) is 0 Å². The molecule has 0 aliphatic rings. The fourth-order valence-electron chi connectivity index (χ4n) is 3.35. The molecule has 180 valence electrons. The Bertz CT molecular complexity index is 386. The van der Waals surface area contributed by atoms with Gasteiger partial charge >= 0.3 is 0 Å². The van der Waals surface area contributed by atoms with Crippen LogP contribution in [-0.4, -0.2) is 37.0 Å². The average molecular weight is 463 g/mol. The van der Waals surface area contributed by atoms with E-state index in [0.29, 0.717) is 17.0 Å². The summed E-state index contributed by atoms with van der Waals surface area (Å²) in [6, 6.07) is 0. The molecule has 30 heavy (non-hydrogen) atoms. The van der Waals surface area contributed by atoms with Crippen molar-refractivity contribution < 1.29 is 9.47 Å². The first-order chi connectivity index (χ1) is 14.6. The smallest absolute Gasteiger partial charge is 0.256 e. The quantitative estimate of drug-likeness (QED) is 0.0767. The van der Waals surface area contributed by atoms with Gasteiger partial charge in [-0.3, -0.25) is 5.32 Å². The maximum absolute atomic E-state index is 5.85. The average Bonchev–Trinajstić information content (AvgIpc) is 2.75. The Morgan fingerprint density at radius 2 is 1.37 bits per heavy atom. The third-order valence-corrected chi connectivity index (χ3v) is 6.31. The number of nitrogens with one attached hydrogen (secondary N) is 2. The summed E-state index contributed by atoms with van der Waals surface area (Å²) >= 11 is 9.79. The van der Waals surface area contributed by atoms with Gasteiger partial charge in [0.2, 0.25) is 0 Å². The lowest BCUT2D eigenvalue weighted by molar-refractivity contribution is 0.0594. The molecule has 0 aromatic rings. The molecule has 0 saturated heterocycles. The van der Waals surface area contributed by atoms with Crippen LogP contribution in [0.4, 0.5) is 0 Å². The highest BCUT2D eigenvalue weighted by atomic mass is 32.1. The van der Waals surface area contributed by atoms with Crippen molar-refractivity contribution in [2.75, 3.05) is 26.3 Å². The Balaban J connectivity index is 3.54. The number of thiocarbonyl (C=S) groups is 1. The van der Waals surface area contributed by atoms with Gasteiger partial charge in [0.05, 0.1) is 13.2 Å².